The van der Waals surface area contributed by atoms with Gasteiger partial charge in [-0.05, 0) is 95.6 Å². The van der Waals surface area contributed by atoms with E-state index in [1.165, 1.54) is 0 Å². The maximum atomic E-state index is 12.0. The second kappa shape index (κ2) is 12.4. The molecule has 0 atom stereocenters. The SMILES string of the molecule is O=C(O)c1ccc(-c2c3nc(cc4ccc(cc5nc(cc6c(-c7ccccc7)c(-c7ccccc7)c2n6-c2ccccc2)C=C5)[nH]4)C=C3)cc1. The minimum absolute atomic E-state index is 0.218. The Morgan fingerprint density at radius 2 is 1.06 bits per heavy atom. The van der Waals surface area contributed by atoms with E-state index in [4.69, 9.17) is 9.97 Å². The molecule has 0 saturated heterocycles. The van der Waals surface area contributed by atoms with E-state index in [9.17, 15) is 9.90 Å². The Kier molecular flexibility index (Phi) is 7.33. The van der Waals surface area contributed by atoms with Gasteiger partial charge in [-0.1, -0.05) is 91.0 Å². The molecule has 3 aromatic heterocycles. The number of carbonyl (C=O) groups is 1. The van der Waals surface area contributed by atoms with Crippen LogP contribution in [0.3, 0.4) is 0 Å². The van der Waals surface area contributed by atoms with E-state index in [2.05, 4.69) is 82.4 Å². The van der Waals surface area contributed by atoms with Gasteiger partial charge in [-0.3, -0.25) is 0 Å². The lowest BCUT2D eigenvalue weighted by atomic mass is 9.93. The van der Waals surface area contributed by atoms with Gasteiger partial charge in [-0.2, -0.15) is 0 Å². The number of benzene rings is 4. The number of aromatic nitrogens is 4. The van der Waals surface area contributed by atoms with E-state index in [0.717, 1.165) is 83.9 Å². The smallest absolute Gasteiger partial charge is 0.335 e. The summed E-state index contributed by atoms with van der Waals surface area (Å²) < 4.78 is 2.31. The van der Waals surface area contributed by atoms with Crippen LogP contribution < -0.4 is 0 Å². The van der Waals surface area contributed by atoms with Gasteiger partial charge in [-0.15, -0.1) is 0 Å². The summed E-state index contributed by atoms with van der Waals surface area (Å²) in [5.41, 5.74) is 14.1. The van der Waals surface area contributed by atoms with Crippen molar-refractivity contribution < 1.29 is 9.90 Å². The Morgan fingerprint density at radius 1 is 0.529 bits per heavy atom. The van der Waals surface area contributed by atoms with Gasteiger partial charge in [-0.25, -0.2) is 14.8 Å². The molecular weight excluding hydrogens is 629 g/mol. The van der Waals surface area contributed by atoms with Gasteiger partial charge in [0.15, 0.2) is 0 Å². The molecule has 8 bridgehead atoms. The quantitative estimate of drug-likeness (QED) is 0.193. The van der Waals surface area contributed by atoms with Gasteiger partial charge >= 0.3 is 5.97 Å². The third-order valence-corrected chi connectivity index (χ3v) is 9.23. The summed E-state index contributed by atoms with van der Waals surface area (Å²) in [6, 6.07) is 48.7. The highest BCUT2D eigenvalue weighted by Gasteiger charge is 2.25. The fourth-order valence-electron chi connectivity index (χ4n) is 6.99. The van der Waals surface area contributed by atoms with E-state index >= 15 is 0 Å². The van der Waals surface area contributed by atoms with Crippen LogP contribution in [0, 0.1) is 0 Å². The first-order valence-electron chi connectivity index (χ1n) is 16.8. The Labute approximate surface area is 294 Å². The maximum Gasteiger partial charge on any atom is 0.335 e. The van der Waals surface area contributed by atoms with Gasteiger partial charge in [0.25, 0.3) is 0 Å². The topological polar surface area (TPSA) is 83.8 Å². The third kappa shape index (κ3) is 5.55. The minimum Gasteiger partial charge on any atom is -0.478 e. The first kappa shape index (κ1) is 30.0. The van der Waals surface area contributed by atoms with Crippen molar-refractivity contribution in [3.05, 3.63) is 174 Å². The zero-order chi connectivity index (χ0) is 34.3. The second-order valence-corrected chi connectivity index (χ2v) is 12.5. The Balaban J connectivity index is 1.59. The van der Waals surface area contributed by atoms with Crippen molar-refractivity contribution in [2.75, 3.05) is 0 Å². The molecule has 0 spiro atoms. The van der Waals surface area contributed by atoms with Crippen molar-refractivity contribution in [3.8, 4) is 39.1 Å². The van der Waals surface area contributed by atoms with Crippen molar-refractivity contribution >= 4 is 52.3 Å². The van der Waals surface area contributed by atoms with Crippen LogP contribution in [-0.4, -0.2) is 30.6 Å². The first-order chi connectivity index (χ1) is 25.1. The number of hydrogen-bond donors (Lipinski definition) is 2. The lowest BCUT2D eigenvalue weighted by Crippen LogP contribution is -1.98. The molecule has 2 aliphatic heterocycles. The summed E-state index contributed by atoms with van der Waals surface area (Å²) in [5, 5.41) is 9.83. The summed E-state index contributed by atoms with van der Waals surface area (Å²) in [6.07, 6.45) is 8.17. The molecule has 6 nitrogen and oxygen atoms in total. The van der Waals surface area contributed by atoms with Crippen molar-refractivity contribution in [1.82, 2.24) is 19.5 Å². The molecule has 0 amide bonds. The second-order valence-electron chi connectivity index (χ2n) is 12.5. The van der Waals surface area contributed by atoms with E-state index in [0.29, 0.717) is 0 Å². The van der Waals surface area contributed by atoms with Crippen LogP contribution in [0.2, 0.25) is 0 Å². The molecule has 0 aliphatic carbocycles. The van der Waals surface area contributed by atoms with Crippen LogP contribution in [0.25, 0.3) is 85.4 Å². The van der Waals surface area contributed by atoms with Crippen LogP contribution in [0.4, 0.5) is 0 Å². The van der Waals surface area contributed by atoms with Crippen LogP contribution in [0.1, 0.15) is 33.1 Å². The summed E-state index contributed by atoms with van der Waals surface area (Å²) in [6.45, 7) is 0. The standard InChI is InChI=1S/C45H30N4O2/c50-45(51)32-18-16-31(17-19-32)41-39-25-24-36(48-39)27-35-21-20-33(46-35)26-34-22-23-37(47-34)28-40-42(29-10-4-1-5-11-29)43(30-12-6-2-7-13-30)44(41)49(40)38-14-8-3-9-15-38/h1-28,46H,(H,50,51). The molecule has 0 radical (unpaired) electrons. The molecule has 6 heteroatoms. The fraction of sp³-hybridized carbons (Fsp3) is 0. The normalized spacial score (nSPS) is 11.9. The summed E-state index contributed by atoms with van der Waals surface area (Å²) in [5.74, 6) is -0.974. The van der Waals surface area contributed by atoms with Crippen LogP contribution in [0.5, 0.6) is 0 Å². The molecule has 2 aliphatic rings. The third-order valence-electron chi connectivity index (χ3n) is 9.23. The minimum atomic E-state index is -0.974. The molecule has 5 heterocycles. The Hall–Kier alpha value is -7.05. The predicted octanol–water partition coefficient (Wildman–Crippen LogP) is 10.8. The van der Waals surface area contributed by atoms with Gasteiger partial charge in [0.05, 0.1) is 39.4 Å². The average Bonchev–Trinajstić information content (AvgIpc) is 3.98. The van der Waals surface area contributed by atoms with E-state index < -0.39 is 5.97 Å². The highest BCUT2D eigenvalue weighted by atomic mass is 16.4. The number of fused-ring (bicyclic) bond motifs is 8. The number of aromatic amines is 1. The average molecular weight is 659 g/mol. The maximum absolute atomic E-state index is 12.0. The Bertz CT molecular complexity index is 2690. The number of para-hydroxylation sites is 1. The molecule has 4 aromatic carbocycles. The number of H-pyrrole nitrogens is 1. The van der Waals surface area contributed by atoms with Crippen LogP contribution >= 0.6 is 0 Å². The highest BCUT2D eigenvalue weighted by Crippen LogP contribution is 2.47. The number of aromatic carboxylic acids is 1. The van der Waals surface area contributed by atoms with Crippen molar-refractivity contribution in [3.63, 3.8) is 0 Å². The molecule has 0 saturated carbocycles. The van der Waals surface area contributed by atoms with Crippen LogP contribution in [0.15, 0.2) is 146 Å². The molecule has 242 valence electrons. The van der Waals surface area contributed by atoms with E-state index in [1.54, 1.807) is 12.1 Å². The predicted molar refractivity (Wildman–Crippen MR) is 207 cm³/mol. The number of carboxylic acid groups (broad SMARTS) is 1. The summed E-state index contributed by atoms with van der Waals surface area (Å²) >= 11 is 0. The number of nitrogens with zero attached hydrogens (tertiary/aromatic N) is 3. The monoisotopic (exact) mass is 658 g/mol. The van der Waals surface area contributed by atoms with E-state index in [-0.39, 0.29) is 5.56 Å². The number of hydrogen-bond acceptors (Lipinski definition) is 3. The number of rotatable bonds is 5. The fourth-order valence-corrected chi connectivity index (χ4v) is 6.99. The number of nitrogens with one attached hydrogen (secondary N) is 1. The molecule has 0 unspecified atom stereocenters. The van der Waals surface area contributed by atoms with Gasteiger partial charge in [0.1, 0.15) is 0 Å². The lowest BCUT2D eigenvalue weighted by molar-refractivity contribution is 0.0697. The molecule has 0 fully saturated rings. The summed E-state index contributed by atoms with van der Waals surface area (Å²) in [4.78, 5) is 25.8. The molecular formula is C45H30N4O2. The van der Waals surface area contributed by atoms with Crippen LogP contribution in [-0.2, 0) is 0 Å². The molecule has 7 aromatic rings. The van der Waals surface area contributed by atoms with Gasteiger partial charge in [0.2, 0.25) is 0 Å². The molecule has 9 rings (SSSR count). The summed E-state index contributed by atoms with van der Waals surface area (Å²) in [7, 11) is 0. The zero-order valence-corrected chi connectivity index (χ0v) is 27.4. The zero-order valence-electron chi connectivity index (χ0n) is 27.4. The van der Waals surface area contributed by atoms with E-state index in [1.807, 2.05) is 85.0 Å². The van der Waals surface area contributed by atoms with Crippen molar-refractivity contribution in [2.24, 2.45) is 0 Å². The van der Waals surface area contributed by atoms with Gasteiger partial charge in [0, 0.05) is 33.4 Å². The molecule has 2 N–H and O–H groups in total. The largest absolute Gasteiger partial charge is 0.478 e. The van der Waals surface area contributed by atoms with Crippen molar-refractivity contribution in [1.29, 1.82) is 0 Å². The lowest BCUT2D eigenvalue weighted by Gasteiger charge is -2.13. The first-order valence-corrected chi connectivity index (χ1v) is 16.8. The highest BCUT2D eigenvalue weighted by molar-refractivity contribution is 6.11. The van der Waals surface area contributed by atoms with Gasteiger partial charge < -0.3 is 14.7 Å². The molecule has 51 heavy (non-hydrogen) atoms. The number of carboxylic acids is 1. The Morgan fingerprint density at radius 3 is 1.69 bits per heavy atom. The van der Waals surface area contributed by atoms with Crippen molar-refractivity contribution in [2.45, 2.75) is 0 Å².